The second-order valence-corrected chi connectivity index (χ2v) is 7.25. The topological polar surface area (TPSA) is 114 Å². The number of benzene rings is 2. The summed E-state index contributed by atoms with van der Waals surface area (Å²) in [7, 11) is 1.49. The number of fused-ring (bicyclic) bond motifs is 3. The van der Waals surface area contributed by atoms with Crippen molar-refractivity contribution < 1.29 is 19.1 Å². The summed E-state index contributed by atoms with van der Waals surface area (Å²) < 4.78 is 7.03. The van der Waals surface area contributed by atoms with E-state index in [2.05, 4.69) is 44.8 Å². The van der Waals surface area contributed by atoms with Crippen LogP contribution in [0.25, 0.3) is 21.8 Å². The average molecular weight is 438 g/mol. The number of hydrogen-bond acceptors (Lipinski definition) is 5. The van der Waals surface area contributed by atoms with Crippen LogP contribution in [0.15, 0.2) is 47.6 Å². The molecule has 0 spiro atoms. The van der Waals surface area contributed by atoms with Crippen LogP contribution in [0.1, 0.15) is 20.3 Å². The summed E-state index contributed by atoms with van der Waals surface area (Å²) in [5.41, 5.74) is 5.45. The molecule has 0 aliphatic heterocycles. The van der Waals surface area contributed by atoms with Gasteiger partial charge in [0, 0.05) is 53.4 Å². The Morgan fingerprint density at radius 3 is 2.53 bits per heavy atom. The van der Waals surface area contributed by atoms with Gasteiger partial charge in [-0.05, 0) is 38.1 Å². The number of carbonyl (C=O) groups excluding carboxylic acids is 3. The molecule has 168 valence electrons. The molecule has 1 heterocycles. The molecular formula is C23H27N5O4. The largest absolute Gasteiger partial charge is 0.383 e. The number of nitrogens with one attached hydrogen (secondary N) is 3. The highest BCUT2D eigenvalue weighted by Crippen LogP contribution is 2.30. The van der Waals surface area contributed by atoms with E-state index in [1.54, 1.807) is 6.92 Å². The Morgan fingerprint density at radius 1 is 1.03 bits per heavy atom. The first-order valence-corrected chi connectivity index (χ1v) is 10.4. The van der Waals surface area contributed by atoms with Crippen molar-refractivity contribution in [2.24, 2.45) is 5.10 Å². The molecule has 0 radical (unpaired) electrons. The zero-order valence-corrected chi connectivity index (χ0v) is 18.4. The minimum Gasteiger partial charge on any atom is -0.383 e. The fourth-order valence-electron chi connectivity index (χ4n) is 3.49. The smallest absolute Gasteiger partial charge is 0.329 e. The number of ether oxygens (including phenoxy) is 1. The summed E-state index contributed by atoms with van der Waals surface area (Å²) >= 11 is 0. The number of aryl methyl sites for hydroxylation is 1. The Hall–Kier alpha value is -3.72. The van der Waals surface area contributed by atoms with Crippen LogP contribution in [0.5, 0.6) is 0 Å². The number of methoxy groups -OCH3 is 1. The van der Waals surface area contributed by atoms with Crippen molar-refractivity contribution in [1.82, 2.24) is 15.3 Å². The molecule has 3 aromatic rings. The second-order valence-electron chi connectivity index (χ2n) is 7.25. The lowest BCUT2D eigenvalue weighted by molar-refractivity contribution is -0.139. The van der Waals surface area contributed by atoms with Gasteiger partial charge in [-0.1, -0.05) is 18.2 Å². The highest BCUT2D eigenvalue weighted by atomic mass is 16.5. The van der Waals surface area contributed by atoms with E-state index in [4.69, 9.17) is 4.74 Å². The lowest BCUT2D eigenvalue weighted by Gasteiger charge is -2.07. The standard InChI is InChI=1S/C23H27N5O4/c1-4-28-19-8-6-5-7-17(19)18-14-16(9-10-20(18)28)25-21(29)13-15(2)26-27-23(31)22(30)24-11-12-32-3/h5-10,14H,4,11-13H2,1-3H3,(H,24,30)(H,25,29)(H,27,31). The number of amides is 3. The van der Waals surface area contributed by atoms with Crippen molar-refractivity contribution in [3.63, 3.8) is 0 Å². The number of carbonyl (C=O) groups is 3. The van der Waals surface area contributed by atoms with Crippen LogP contribution < -0.4 is 16.1 Å². The highest BCUT2D eigenvalue weighted by molar-refractivity contribution is 6.35. The van der Waals surface area contributed by atoms with Crippen LogP contribution >= 0.6 is 0 Å². The summed E-state index contributed by atoms with van der Waals surface area (Å²) in [6, 6.07) is 14.0. The molecule has 0 saturated carbocycles. The second kappa shape index (κ2) is 10.5. The fourth-order valence-corrected chi connectivity index (χ4v) is 3.49. The van der Waals surface area contributed by atoms with Crippen LogP contribution in [0.4, 0.5) is 5.69 Å². The number of anilines is 1. The van der Waals surface area contributed by atoms with Crippen LogP contribution in [0.3, 0.4) is 0 Å². The average Bonchev–Trinajstić information content (AvgIpc) is 3.10. The Balaban J connectivity index is 1.63. The first-order chi connectivity index (χ1) is 15.4. The Kier molecular flexibility index (Phi) is 7.56. The van der Waals surface area contributed by atoms with Gasteiger partial charge in [0.05, 0.1) is 13.0 Å². The van der Waals surface area contributed by atoms with E-state index < -0.39 is 11.8 Å². The maximum absolute atomic E-state index is 12.4. The number of hydrazone groups is 1. The number of hydrogen-bond donors (Lipinski definition) is 3. The summed E-state index contributed by atoms with van der Waals surface area (Å²) in [6.45, 7) is 5.06. The van der Waals surface area contributed by atoms with E-state index in [9.17, 15) is 14.4 Å². The Labute approximate surface area is 185 Å². The summed E-state index contributed by atoms with van der Waals surface area (Å²) in [6.07, 6.45) is -0.0274. The van der Waals surface area contributed by atoms with Gasteiger partial charge in [0.2, 0.25) is 5.91 Å². The Bertz CT molecular complexity index is 1180. The quantitative estimate of drug-likeness (QED) is 0.217. The zero-order chi connectivity index (χ0) is 23.1. The molecule has 3 rings (SSSR count). The zero-order valence-electron chi connectivity index (χ0n) is 18.4. The van der Waals surface area contributed by atoms with Gasteiger partial charge in [0.25, 0.3) is 0 Å². The molecule has 0 fully saturated rings. The molecule has 0 aliphatic carbocycles. The minimum absolute atomic E-state index is 0.0274. The van der Waals surface area contributed by atoms with E-state index in [1.165, 1.54) is 7.11 Å². The van der Waals surface area contributed by atoms with Gasteiger partial charge in [0.1, 0.15) is 0 Å². The van der Waals surface area contributed by atoms with Gasteiger partial charge in [-0.3, -0.25) is 14.4 Å². The molecule has 32 heavy (non-hydrogen) atoms. The molecule has 3 amide bonds. The fraction of sp³-hybridized carbons (Fsp3) is 0.304. The summed E-state index contributed by atoms with van der Waals surface area (Å²) in [5, 5.41) is 11.3. The Morgan fingerprint density at radius 2 is 1.78 bits per heavy atom. The third kappa shape index (κ3) is 5.30. The molecule has 0 bridgehead atoms. The highest BCUT2D eigenvalue weighted by Gasteiger charge is 2.13. The molecule has 9 nitrogen and oxygen atoms in total. The molecule has 9 heteroatoms. The van der Waals surface area contributed by atoms with Crippen molar-refractivity contribution in [2.45, 2.75) is 26.8 Å². The molecule has 0 aliphatic rings. The molecule has 0 saturated heterocycles. The van der Waals surface area contributed by atoms with Crippen LogP contribution in [0.2, 0.25) is 0 Å². The number of aromatic nitrogens is 1. The normalized spacial score (nSPS) is 11.5. The molecule has 1 aromatic heterocycles. The van der Waals surface area contributed by atoms with E-state index >= 15 is 0 Å². The van der Waals surface area contributed by atoms with Crippen molar-refractivity contribution >= 4 is 50.9 Å². The lowest BCUT2D eigenvalue weighted by atomic mass is 10.1. The predicted octanol–water partition coefficient (Wildman–Crippen LogP) is 2.40. The van der Waals surface area contributed by atoms with Crippen molar-refractivity contribution in [3.8, 4) is 0 Å². The third-order valence-corrected chi connectivity index (χ3v) is 4.94. The molecule has 2 aromatic carbocycles. The third-order valence-electron chi connectivity index (χ3n) is 4.94. The van der Waals surface area contributed by atoms with Gasteiger partial charge in [-0.2, -0.15) is 5.10 Å². The number of rotatable bonds is 8. The predicted molar refractivity (Wildman–Crippen MR) is 125 cm³/mol. The number of para-hydroxylation sites is 1. The van der Waals surface area contributed by atoms with Crippen LogP contribution in [-0.4, -0.2) is 48.3 Å². The van der Waals surface area contributed by atoms with E-state index in [1.807, 2.05) is 30.3 Å². The maximum Gasteiger partial charge on any atom is 0.329 e. The molecule has 3 N–H and O–H groups in total. The van der Waals surface area contributed by atoms with Crippen LogP contribution in [-0.2, 0) is 25.7 Å². The van der Waals surface area contributed by atoms with Gasteiger partial charge < -0.3 is 19.9 Å². The maximum atomic E-state index is 12.4. The van der Waals surface area contributed by atoms with Gasteiger partial charge >= 0.3 is 11.8 Å². The van der Waals surface area contributed by atoms with Crippen molar-refractivity contribution in [2.75, 3.05) is 25.6 Å². The molecule has 0 atom stereocenters. The summed E-state index contributed by atoms with van der Waals surface area (Å²) in [4.78, 5) is 35.7. The van der Waals surface area contributed by atoms with Gasteiger partial charge in [0.15, 0.2) is 0 Å². The first kappa shape index (κ1) is 23.0. The monoisotopic (exact) mass is 437 g/mol. The van der Waals surface area contributed by atoms with Crippen molar-refractivity contribution in [3.05, 3.63) is 42.5 Å². The minimum atomic E-state index is -0.904. The molecule has 0 unspecified atom stereocenters. The number of nitrogens with zero attached hydrogens (tertiary/aromatic N) is 2. The van der Waals surface area contributed by atoms with E-state index in [0.29, 0.717) is 18.0 Å². The summed E-state index contributed by atoms with van der Waals surface area (Å²) in [5.74, 6) is -2.00. The van der Waals surface area contributed by atoms with Crippen molar-refractivity contribution in [1.29, 1.82) is 0 Å². The molecular weight excluding hydrogens is 410 g/mol. The van der Waals surface area contributed by atoms with Gasteiger partial charge in [-0.25, -0.2) is 5.43 Å². The van der Waals surface area contributed by atoms with E-state index in [0.717, 1.165) is 28.4 Å². The lowest BCUT2D eigenvalue weighted by Crippen LogP contribution is -2.39. The first-order valence-electron chi connectivity index (χ1n) is 10.4. The SMILES string of the molecule is CCn1c2ccccc2c2cc(NC(=O)CC(C)=NNC(=O)C(=O)NCCOC)ccc21. The van der Waals surface area contributed by atoms with E-state index in [-0.39, 0.29) is 18.9 Å². The van der Waals surface area contributed by atoms with Crippen LogP contribution in [0, 0.1) is 0 Å². The van der Waals surface area contributed by atoms with Gasteiger partial charge in [-0.15, -0.1) is 0 Å².